The lowest BCUT2D eigenvalue weighted by atomic mass is 9.90. The van der Waals surface area contributed by atoms with E-state index in [2.05, 4.69) is 0 Å². The van der Waals surface area contributed by atoms with Crippen molar-refractivity contribution < 1.29 is 24.9 Å². The smallest absolute Gasteiger partial charge is 0.326 e. The molecule has 6 nitrogen and oxygen atoms in total. The number of piperidine rings is 1. The number of aliphatic carboxylic acids is 1. The van der Waals surface area contributed by atoms with Crippen molar-refractivity contribution in [2.24, 2.45) is 5.92 Å². The molecule has 1 saturated heterocycles. The molecule has 1 amide bonds. The zero-order valence-electron chi connectivity index (χ0n) is 11.1. The van der Waals surface area contributed by atoms with Crippen molar-refractivity contribution in [2.75, 3.05) is 6.54 Å². The van der Waals surface area contributed by atoms with Gasteiger partial charge in [0.25, 0.3) is 5.91 Å². The number of phenolic OH excluding ortho intramolecular Hbond substituents is 2. The standard InChI is InChI=1S/C14H17NO5/c1-8-3-2-6-15(12(8)14(19)20)13(18)10-5-4-9(16)7-11(10)17/h4-5,7-8,12,16-17H,2-3,6H2,1H3,(H,19,20). The van der Waals surface area contributed by atoms with Crippen LogP contribution in [-0.2, 0) is 4.79 Å². The Labute approximate surface area is 116 Å². The van der Waals surface area contributed by atoms with Gasteiger partial charge in [-0.2, -0.15) is 0 Å². The zero-order valence-corrected chi connectivity index (χ0v) is 11.1. The summed E-state index contributed by atoms with van der Waals surface area (Å²) in [5.74, 6) is -2.20. The first-order valence-corrected chi connectivity index (χ1v) is 6.47. The van der Waals surface area contributed by atoms with Crippen LogP contribution >= 0.6 is 0 Å². The Hall–Kier alpha value is -2.24. The van der Waals surface area contributed by atoms with Crippen LogP contribution in [0.5, 0.6) is 11.5 Å². The van der Waals surface area contributed by atoms with E-state index in [1.54, 1.807) is 6.92 Å². The van der Waals surface area contributed by atoms with Gasteiger partial charge in [-0.15, -0.1) is 0 Å². The molecule has 1 heterocycles. The average molecular weight is 279 g/mol. The van der Waals surface area contributed by atoms with Gasteiger partial charge in [-0.1, -0.05) is 6.92 Å². The highest BCUT2D eigenvalue weighted by Crippen LogP contribution is 2.29. The number of amides is 1. The number of carbonyl (C=O) groups excluding carboxylic acids is 1. The Morgan fingerprint density at radius 1 is 1.30 bits per heavy atom. The Balaban J connectivity index is 2.33. The number of hydrogen-bond acceptors (Lipinski definition) is 4. The van der Waals surface area contributed by atoms with Crippen LogP contribution in [0.1, 0.15) is 30.1 Å². The van der Waals surface area contributed by atoms with E-state index in [4.69, 9.17) is 0 Å². The molecule has 1 aromatic rings. The molecule has 1 aliphatic heterocycles. The normalized spacial score (nSPS) is 22.6. The second kappa shape index (κ2) is 5.40. The van der Waals surface area contributed by atoms with Crippen LogP contribution in [0.15, 0.2) is 18.2 Å². The number of rotatable bonds is 2. The maximum atomic E-state index is 12.4. The molecule has 0 radical (unpaired) electrons. The number of carbonyl (C=O) groups is 2. The van der Waals surface area contributed by atoms with Crippen LogP contribution in [0.2, 0.25) is 0 Å². The summed E-state index contributed by atoms with van der Waals surface area (Å²) in [6.07, 6.45) is 1.48. The van der Waals surface area contributed by atoms with E-state index in [-0.39, 0.29) is 23.0 Å². The minimum absolute atomic E-state index is 0.00292. The third-order valence-corrected chi connectivity index (χ3v) is 3.66. The minimum Gasteiger partial charge on any atom is -0.508 e. The van der Waals surface area contributed by atoms with Crippen molar-refractivity contribution >= 4 is 11.9 Å². The largest absolute Gasteiger partial charge is 0.508 e. The fourth-order valence-corrected chi connectivity index (χ4v) is 2.65. The molecule has 20 heavy (non-hydrogen) atoms. The van der Waals surface area contributed by atoms with Gasteiger partial charge in [-0.05, 0) is 30.9 Å². The molecule has 1 aromatic carbocycles. The highest BCUT2D eigenvalue weighted by molar-refractivity contribution is 5.99. The summed E-state index contributed by atoms with van der Waals surface area (Å²) in [6.45, 7) is 2.15. The summed E-state index contributed by atoms with van der Waals surface area (Å²) >= 11 is 0. The quantitative estimate of drug-likeness (QED) is 0.760. The lowest BCUT2D eigenvalue weighted by Gasteiger charge is -2.37. The number of phenols is 2. The van der Waals surface area contributed by atoms with Crippen molar-refractivity contribution in [3.63, 3.8) is 0 Å². The molecule has 0 aliphatic carbocycles. The number of nitrogens with zero attached hydrogens (tertiary/aromatic N) is 1. The summed E-state index contributed by atoms with van der Waals surface area (Å²) in [6, 6.07) is 2.77. The molecule has 0 aromatic heterocycles. The van der Waals surface area contributed by atoms with Gasteiger partial charge in [0, 0.05) is 12.6 Å². The van der Waals surface area contributed by atoms with Gasteiger partial charge in [0.15, 0.2) is 0 Å². The molecule has 1 aliphatic rings. The van der Waals surface area contributed by atoms with Gasteiger partial charge in [-0.25, -0.2) is 4.79 Å². The maximum absolute atomic E-state index is 12.4. The minimum atomic E-state index is -1.04. The molecular formula is C14H17NO5. The topological polar surface area (TPSA) is 98.1 Å². The molecule has 2 rings (SSSR count). The summed E-state index contributed by atoms with van der Waals surface area (Å²) in [4.78, 5) is 25.0. The lowest BCUT2D eigenvalue weighted by molar-refractivity contribution is -0.145. The SMILES string of the molecule is CC1CCCN(C(=O)c2ccc(O)cc2O)C1C(=O)O. The number of benzene rings is 1. The van der Waals surface area contributed by atoms with E-state index >= 15 is 0 Å². The molecule has 1 fully saturated rings. The van der Waals surface area contributed by atoms with Crippen molar-refractivity contribution in [3.8, 4) is 11.5 Å². The Kier molecular flexibility index (Phi) is 3.83. The van der Waals surface area contributed by atoms with E-state index in [0.717, 1.165) is 18.9 Å². The zero-order chi connectivity index (χ0) is 14.9. The van der Waals surface area contributed by atoms with E-state index in [1.165, 1.54) is 17.0 Å². The predicted octanol–water partition coefficient (Wildman–Crippen LogP) is 1.42. The molecule has 0 saturated carbocycles. The van der Waals surface area contributed by atoms with Crippen LogP contribution in [0.25, 0.3) is 0 Å². The van der Waals surface area contributed by atoms with E-state index < -0.39 is 17.9 Å². The third-order valence-electron chi connectivity index (χ3n) is 3.66. The number of hydrogen-bond donors (Lipinski definition) is 3. The van der Waals surface area contributed by atoms with Crippen LogP contribution < -0.4 is 0 Å². The van der Waals surface area contributed by atoms with Crippen LogP contribution in [0, 0.1) is 5.92 Å². The summed E-state index contributed by atoms with van der Waals surface area (Å²) in [5, 5.41) is 28.3. The Bertz CT molecular complexity index is 542. The first-order chi connectivity index (χ1) is 9.41. The number of carboxylic acid groups (broad SMARTS) is 1. The second-order valence-corrected chi connectivity index (χ2v) is 5.10. The second-order valence-electron chi connectivity index (χ2n) is 5.10. The Morgan fingerprint density at radius 2 is 2.00 bits per heavy atom. The van der Waals surface area contributed by atoms with Crippen LogP contribution in [0.3, 0.4) is 0 Å². The molecule has 0 bridgehead atoms. The maximum Gasteiger partial charge on any atom is 0.326 e. The fraction of sp³-hybridized carbons (Fsp3) is 0.429. The predicted molar refractivity (Wildman–Crippen MR) is 70.6 cm³/mol. The summed E-state index contributed by atoms with van der Waals surface area (Å²) in [5.41, 5.74) is 0.00292. The number of carboxylic acids is 1. The van der Waals surface area contributed by atoms with E-state index in [9.17, 15) is 24.9 Å². The number of likely N-dealkylation sites (tertiary alicyclic amines) is 1. The van der Waals surface area contributed by atoms with Crippen molar-refractivity contribution in [1.82, 2.24) is 4.90 Å². The third kappa shape index (κ3) is 2.54. The molecule has 0 spiro atoms. The van der Waals surface area contributed by atoms with Crippen LogP contribution in [0.4, 0.5) is 0 Å². The van der Waals surface area contributed by atoms with Crippen LogP contribution in [-0.4, -0.2) is 44.7 Å². The van der Waals surface area contributed by atoms with Gasteiger partial charge in [0.2, 0.25) is 0 Å². The van der Waals surface area contributed by atoms with E-state index in [1.807, 2.05) is 0 Å². The molecular weight excluding hydrogens is 262 g/mol. The first kappa shape index (κ1) is 14.2. The van der Waals surface area contributed by atoms with Gasteiger partial charge in [0.05, 0.1) is 5.56 Å². The molecule has 3 N–H and O–H groups in total. The molecule has 2 unspecified atom stereocenters. The lowest BCUT2D eigenvalue weighted by Crippen LogP contribution is -2.51. The van der Waals surface area contributed by atoms with Gasteiger partial charge in [-0.3, -0.25) is 4.79 Å². The van der Waals surface area contributed by atoms with Crippen molar-refractivity contribution in [1.29, 1.82) is 0 Å². The van der Waals surface area contributed by atoms with Crippen molar-refractivity contribution in [2.45, 2.75) is 25.8 Å². The van der Waals surface area contributed by atoms with Crippen molar-refractivity contribution in [3.05, 3.63) is 23.8 Å². The molecule has 6 heteroatoms. The highest BCUT2D eigenvalue weighted by Gasteiger charge is 2.37. The molecule has 2 atom stereocenters. The average Bonchev–Trinajstić information content (AvgIpc) is 2.37. The van der Waals surface area contributed by atoms with Gasteiger partial charge >= 0.3 is 5.97 Å². The number of aromatic hydroxyl groups is 2. The summed E-state index contributed by atoms with van der Waals surface area (Å²) < 4.78 is 0. The highest BCUT2D eigenvalue weighted by atomic mass is 16.4. The Morgan fingerprint density at radius 3 is 2.60 bits per heavy atom. The first-order valence-electron chi connectivity index (χ1n) is 6.47. The van der Waals surface area contributed by atoms with E-state index in [0.29, 0.717) is 6.54 Å². The monoisotopic (exact) mass is 279 g/mol. The van der Waals surface area contributed by atoms with Gasteiger partial charge < -0.3 is 20.2 Å². The molecule has 108 valence electrons. The van der Waals surface area contributed by atoms with Gasteiger partial charge in [0.1, 0.15) is 17.5 Å². The fourth-order valence-electron chi connectivity index (χ4n) is 2.65. The summed E-state index contributed by atoms with van der Waals surface area (Å²) in [7, 11) is 0.